The molecule has 1 saturated heterocycles. The van der Waals surface area contributed by atoms with E-state index in [2.05, 4.69) is 5.32 Å². The highest BCUT2D eigenvalue weighted by Crippen LogP contribution is 2.17. The van der Waals surface area contributed by atoms with Crippen LogP contribution in [0.15, 0.2) is 30.3 Å². The fourth-order valence-electron chi connectivity index (χ4n) is 1.92. The number of benzene rings is 1. The van der Waals surface area contributed by atoms with Crippen molar-refractivity contribution in [2.75, 3.05) is 26.2 Å². The predicted octanol–water partition coefficient (Wildman–Crippen LogP) is 0.731. The third kappa shape index (κ3) is 3.33. The van der Waals surface area contributed by atoms with Crippen molar-refractivity contribution in [1.82, 2.24) is 10.2 Å². The van der Waals surface area contributed by atoms with Crippen molar-refractivity contribution >= 4 is 11.5 Å². The van der Waals surface area contributed by atoms with E-state index in [4.69, 9.17) is 5.26 Å². The molecule has 0 radical (unpaired) electrons. The maximum absolute atomic E-state index is 12.0. The first-order valence-electron chi connectivity index (χ1n) is 6.11. The Morgan fingerprint density at radius 2 is 1.95 bits per heavy atom. The van der Waals surface area contributed by atoms with E-state index in [0.29, 0.717) is 24.2 Å². The Hall–Kier alpha value is -2.32. The molecule has 98 valence electrons. The largest absolute Gasteiger partial charge is 0.508 e. The number of hydrogen-bond donors (Lipinski definition) is 2. The summed E-state index contributed by atoms with van der Waals surface area (Å²) in [4.78, 5) is 13.7. The van der Waals surface area contributed by atoms with Gasteiger partial charge in [-0.3, -0.25) is 4.79 Å². The maximum Gasteiger partial charge on any atom is 0.247 e. The number of aromatic hydroxyl groups is 1. The van der Waals surface area contributed by atoms with E-state index in [1.54, 1.807) is 17.0 Å². The van der Waals surface area contributed by atoms with Gasteiger partial charge >= 0.3 is 0 Å². The Balaban J connectivity index is 2.16. The molecule has 0 spiro atoms. The number of piperazine rings is 1. The molecule has 1 amide bonds. The monoisotopic (exact) mass is 257 g/mol. The average Bonchev–Trinajstić information content (AvgIpc) is 2.46. The second-order valence-corrected chi connectivity index (χ2v) is 4.29. The van der Waals surface area contributed by atoms with Crippen LogP contribution in [-0.4, -0.2) is 42.1 Å². The van der Waals surface area contributed by atoms with Crippen molar-refractivity contribution in [3.8, 4) is 11.8 Å². The number of carbonyl (C=O) groups excluding carboxylic acids is 1. The van der Waals surface area contributed by atoms with Gasteiger partial charge in [-0.1, -0.05) is 0 Å². The first-order chi connectivity index (χ1) is 9.20. The number of nitrogens with zero attached hydrogens (tertiary/aromatic N) is 2. The molecule has 0 saturated carbocycles. The number of phenols is 1. The molecule has 19 heavy (non-hydrogen) atoms. The van der Waals surface area contributed by atoms with E-state index >= 15 is 0 Å². The zero-order chi connectivity index (χ0) is 13.7. The standard InChI is InChI=1S/C14H15N3O2/c15-10-12(11-1-3-13(18)4-2-11)9-14(19)17-7-5-16-6-8-17/h1-4,9,16,18H,5-8H2. The number of rotatable bonds is 2. The molecule has 0 unspecified atom stereocenters. The molecule has 2 N–H and O–H groups in total. The van der Waals surface area contributed by atoms with Gasteiger partial charge in [0, 0.05) is 32.3 Å². The number of phenolic OH excluding ortho intramolecular Hbond substituents is 1. The van der Waals surface area contributed by atoms with Gasteiger partial charge in [0.05, 0.1) is 11.6 Å². The second kappa shape index (κ2) is 6.03. The summed E-state index contributed by atoms with van der Waals surface area (Å²) >= 11 is 0. The van der Waals surface area contributed by atoms with Crippen LogP contribution in [0.1, 0.15) is 5.56 Å². The van der Waals surface area contributed by atoms with E-state index in [1.165, 1.54) is 18.2 Å². The van der Waals surface area contributed by atoms with Crippen molar-refractivity contribution in [2.45, 2.75) is 0 Å². The summed E-state index contributed by atoms with van der Waals surface area (Å²) in [5, 5.41) is 21.5. The number of nitrogens with one attached hydrogen (secondary N) is 1. The molecule has 0 atom stereocenters. The summed E-state index contributed by atoms with van der Waals surface area (Å²) in [7, 11) is 0. The van der Waals surface area contributed by atoms with Crippen LogP contribution in [0, 0.1) is 11.3 Å². The van der Waals surface area contributed by atoms with Gasteiger partial charge in [-0.05, 0) is 29.8 Å². The van der Waals surface area contributed by atoms with E-state index in [1.807, 2.05) is 6.07 Å². The summed E-state index contributed by atoms with van der Waals surface area (Å²) in [6.07, 6.45) is 1.36. The summed E-state index contributed by atoms with van der Waals surface area (Å²) in [6, 6.07) is 8.26. The Bertz CT molecular complexity index is 523. The van der Waals surface area contributed by atoms with Crippen LogP contribution >= 0.6 is 0 Å². The third-order valence-corrected chi connectivity index (χ3v) is 3.00. The molecule has 0 aliphatic carbocycles. The van der Waals surface area contributed by atoms with Gasteiger partial charge < -0.3 is 15.3 Å². The molecule has 5 heteroatoms. The number of hydrogen-bond acceptors (Lipinski definition) is 4. The topological polar surface area (TPSA) is 76.4 Å². The van der Waals surface area contributed by atoms with Crippen molar-refractivity contribution in [3.63, 3.8) is 0 Å². The summed E-state index contributed by atoms with van der Waals surface area (Å²) in [6.45, 7) is 2.87. The summed E-state index contributed by atoms with van der Waals surface area (Å²) in [5.41, 5.74) is 0.937. The minimum Gasteiger partial charge on any atom is -0.508 e. The smallest absolute Gasteiger partial charge is 0.247 e. The molecule has 0 bridgehead atoms. The molecule has 0 aromatic heterocycles. The lowest BCUT2D eigenvalue weighted by Gasteiger charge is -2.26. The van der Waals surface area contributed by atoms with Gasteiger partial charge in [0.1, 0.15) is 5.75 Å². The Kier molecular flexibility index (Phi) is 4.16. The quantitative estimate of drug-likeness (QED) is 0.605. The third-order valence-electron chi connectivity index (χ3n) is 3.00. The summed E-state index contributed by atoms with van der Waals surface area (Å²) < 4.78 is 0. The van der Waals surface area contributed by atoms with Gasteiger partial charge in [-0.2, -0.15) is 5.26 Å². The highest BCUT2D eigenvalue weighted by molar-refractivity contribution is 5.98. The molecule has 1 aliphatic rings. The van der Waals surface area contributed by atoms with Crippen LogP contribution in [0.4, 0.5) is 0 Å². The minimum absolute atomic E-state index is 0.134. The van der Waals surface area contributed by atoms with Crippen LogP contribution in [0.25, 0.3) is 5.57 Å². The zero-order valence-corrected chi connectivity index (χ0v) is 10.5. The zero-order valence-electron chi connectivity index (χ0n) is 10.5. The van der Waals surface area contributed by atoms with Crippen LogP contribution in [-0.2, 0) is 4.79 Å². The Morgan fingerprint density at radius 1 is 1.32 bits per heavy atom. The average molecular weight is 257 g/mol. The fraction of sp³-hybridized carbons (Fsp3) is 0.286. The molecular formula is C14H15N3O2. The van der Waals surface area contributed by atoms with E-state index in [0.717, 1.165) is 13.1 Å². The van der Waals surface area contributed by atoms with Crippen LogP contribution in [0.3, 0.4) is 0 Å². The highest BCUT2D eigenvalue weighted by Gasteiger charge is 2.15. The lowest BCUT2D eigenvalue weighted by atomic mass is 10.1. The molecule has 1 fully saturated rings. The Labute approximate surface area is 111 Å². The number of nitriles is 1. The lowest BCUT2D eigenvalue weighted by molar-refractivity contribution is -0.126. The predicted molar refractivity (Wildman–Crippen MR) is 71.1 cm³/mol. The first-order valence-corrected chi connectivity index (χ1v) is 6.11. The van der Waals surface area contributed by atoms with Crippen molar-refractivity contribution in [3.05, 3.63) is 35.9 Å². The van der Waals surface area contributed by atoms with Gasteiger partial charge in [-0.25, -0.2) is 0 Å². The lowest BCUT2D eigenvalue weighted by Crippen LogP contribution is -2.45. The van der Waals surface area contributed by atoms with E-state index in [-0.39, 0.29) is 11.7 Å². The molecule has 1 aromatic carbocycles. The van der Waals surface area contributed by atoms with Crippen molar-refractivity contribution in [1.29, 1.82) is 5.26 Å². The van der Waals surface area contributed by atoms with E-state index in [9.17, 15) is 9.90 Å². The van der Waals surface area contributed by atoms with Crippen LogP contribution in [0.5, 0.6) is 5.75 Å². The first kappa shape index (κ1) is 13.1. The van der Waals surface area contributed by atoms with E-state index < -0.39 is 0 Å². The van der Waals surface area contributed by atoms with Crippen LogP contribution in [0.2, 0.25) is 0 Å². The van der Waals surface area contributed by atoms with Gasteiger partial charge in [0.15, 0.2) is 0 Å². The molecule has 5 nitrogen and oxygen atoms in total. The maximum atomic E-state index is 12.0. The fourth-order valence-corrected chi connectivity index (χ4v) is 1.92. The van der Waals surface area contributed by atoms with Gasteiger partial charge in [0.25, 0.3) is 0 Å². The minimum atomic E-state index is -0.147. The highest BCUT2D eigenvalue weighted by atomic mass is 16.3. The van der Waals surface area contributed by atoms with Crippen molar-refractivity contribution < 1.29 is 9.90 Å². The Morgan fingerprint density at radius 3 is 2.53 bits per heavy atom. The second-order valence-electron chi connectivity index (χ2n) is 4.29. The number of carbonyl (C=O) groups is 1. The molecular weight excluding hydrogens is 242 g/mol. The molecule has 1 heterocycles. The SMILES string of the molecule is N#CC(=CC(=O)N1CCNCC1)c1ccc(O)cc1. The van der Waals surface area contributed by atoms with Gasteiger partial charge in [-0.15, -0.1) is 0 Å². The van der Waals surface area contributed by atoms with Crippen LogP contribution < -0.4 is 5.32 Å². The normalized spacial score (nSPS) is 15.9. The molecule has 1 aromatic rings. The molecule has 2 rings (SSSR count). The molecule has 1 aliphatic heterocycles. The number of amides is 1. The number of allylic oxidation sites excluding steroid dienone is 1. The van der Waals surface area contributed by atoms with Gasteiger partial charge in [0.2, 0.25) is 5.91 Å². The summed E-state index contributed by atoms with van der Waals surface area (Å²) in [5.74, 6) is -0.0133. The van der Waals surface area contributed by atoms with Crippen molar-refractivity contribution in [2.24, 2.45) is 0 Å².